The molecule has 2 fully saturated rings. The van der Waals surface area contributed by atoms with Crippen molar-refractivity contribution in [2.24, 2.45) is 5.92 Å². The average Bonchev–Trinajstić information content (AvgIpc) is 3.16. The smallest absolute Gasteiger partial charge is 0.223 e. The van der Waals surface area contributed by atoms with Gasteiger partial charge < -0.3 is 14.4 Å². The minimum absolute atomic E-state index is 0.179. The van der Waals surface area contributed by atoms with Crippen LogP contribution in [0.15, 0.2) is 18.2 Å². The summed E-state index contributed by atoms with van der Waals surface area (Å²) in [5.74, 6) is 2.56. The third kappa shape index (κ3) is 4.28. The Kier molecular flexibility index (Phi) is 6.22. The Morgan fingerprint density at radius 1 is 1.04 bits per heavy atom. The van der Waals surface area contributed by atoms with Crippen LogP contribution in [-0.4, -0.2) is 31.6 Å². The van der Waals surface area contributed by atoms with Crippen molar-refractivity contribution in [1.29, 1.82) is 0 Å². The first kappa shape index (κ1) is 18.1. The van der Waals surface area contributed by atoms with E-state index in [1.165, 1.54) is 32.1 Å². The fourth-order valence-electron chi connectivity index (χ4n) is 4.42. The van der Waals surface area contributed by atoms with Gasteiger partial charge in [-0.25, -0.2) is 0 Å². The highest BCUT2D eigenvalue weighted by Crippen LogP contribution is 2.37. The molecule has 1 saturated carbocycles. The molecule has 1 aromatic rings. The van der Waals surface area contributed by atoms with Gasteiger partial charge in [0.25, 0.3) is 0 Å². The van der Waals surface area contributed by atoms with Gasteiger partial charge in [-0.05, 0) is 42.9 Å². The molecule has 0 spiro atoms. The fourth-order valence-corrected chi connectivity index (χ4v) is 4.42. The topological polar surface area (TPSA) is 38.8 Å². The van der Waals surface area contributed by atoms with Crippen molar-refractivity contribution < 1.29 is 14.3 Å². The van der Waals surface area contributed by atoms with Crippen LogP contribution in [0.25, 0.3) is 0 Å². The van der Waals surface area contributed by atoms with Gasteiger partial charge in [-0.15, -0.1) is 0 Å². The van der Waals surface area contributed by atoms with E-state index in [1.807, 2.05) is 12.1 Å². The monoisotopic (exact) mass is 345 g/mol. The second-order valence-electron chi connectivity index (χ2n) is 7.40. The molecule has 138 valence electrons. The van der Waals surface area contributed by atoms with Crippen LogP contribution in [0.5, 0.6) is 11.5 Å². The minimum Gasteiger partial charge on any atom is -0.493 e. The van der Waals surface area contributed by atoms with E-state index in [2.05, 4.69) is 11.0 Å². The molecule has 3 rings (SSSR count). The van der Waals surface area contributed by atoms with Gasteiger partial charge in [-0.1, -0.05) is 38.2 Å². The first-order chi connectivity index (χ1) is 12.2. The molecule has 25 heavy (non-hydrogen) atoms. The van der Waals surface area contributed by atoms with Crippen molar-refractivity contribution in [3.63, 3.8) is 0 Å². The SMILES string of the molecule is COc1ccc([C@@H]2CCCN2C(=O)CCC2CCCCC2)cc1OC. The summed E-state index contributed by atoms with van der Waals surface area (Å²) in [6.45, 7) is 0.877. The number of hydrogen-bond acceptors (Lipinski definition) is 3. The summed E-state index contributed by atoms with van der Waals surface area (Å²) in [5, 5.41) is 0. The second-order valence-corrected chi connectivity index (χ2v) is 7.40. The summed E-state index contributed by atoms with van der Waals surface area (Å²) < 4.78 is 10.8. The molecule has 0 N–H and O–H groups in total. The zero-order valence-electron chi connectivity index (χ0n) is 15.6. The van der Waals surface area contributed by atoms with Gasteiger partial charge in [0.1, 0.15) is 0 Å². The molecule has 0 bridgehead atoms. The highest BCUT2D eigenvalue weighted by molar-refractivity contribution is 5.77. The molecular formula is C21H31NO3. The maximum atomic E-state index is 12.8. The van der Waals surface area contributed by atoms with Crippen molar-refractivity contribution in [2.45, 2.75) is 63.8 Å². The molecule has 1 atom stereocenters. The Labute approximate surface area is 151 Å². The van der Waals surface area contributed by atoms with E-state index >= 15 is 0 Å². The summed E-state index contributed by atoms with van der Waals surface area (Å²) in [4.78, 5) is 14.9. The van der Waals surface area contributed by atoms with Crippen molar-refractivity contribution in [3.8, 4) is 11.5 Å². The molecule has 1 heterocycles. The minimum atomic E-state index is 0.179. The van der Waals surface area contributed by atoms with Crippen LogP contribution in [0.2, 0.25) is 0 Å². The van der Waals surface area contributed by atoms with Crippen molar-refractivity contribution in [2.75, 3.05) is 20.8 Å². The standard InChI is InChI=1S/C21H31NO3/c1-24-19-12-11-17(15-20(19)25-2)18-9-6-14-22(18)21(23)13-10-16-7-4-3-5-8-16/h11-12,15-16,18H,3-10,13-14H2,1-2H3/t18-/m0/s1. The van der Waals surface area contributed by atoms with Crippen molar-refractivity contribution >= 4 is 5.91 Å². The number of hydrogen-bond donors (Lipinski definition) is 0. The first-order valence-electron chi connectivity index (χ1n) is 9.74. The molecule has 0 aromatic heterocycles. The Hall–Kier alpha value is -1.71. The molecule has 1 aromatic carbocycles. The lowest BCUT2D eigenvalue weighted by Gasteiger charge is -2.27. The van der Waals surface area contributed by atoms with E-state index in [-0.39, 0.29) is 6.04 Å². The van der Waals surface area contributed by atoms with E-state index in [4.69, 9.17) is 9.47 Å². The highest BCUT2D eigenvalue weighted by Gasteiger charge is 2.30. The predicted octanol–water partition coefficient (Wildman–Crippen LogP) is 4.73. The normalized spacial score (nSPS) is 21.4. The quantitative estimate of drug-likeness (QED) is 0.748. The molecule has 1 saturated heterocycles. The van der Waals surface area contributed by atoms with Crippen molar-refractivity contribution in [3.05, 3.63) is 23.8 Å². The van der Waals surface area contributed by atoms with Crippen LogP contribution in [0.3, 0.4) is 0 Å². The van der Waals surface area contributed by atoms with Crippen LogP contribution in [0, 0.1) is 5.92 Å². The number of ether oxygens (including phenoxy) is 2. The summed E-state index contributed by atoms with van der Waals surface area (Å²) in [5.41, 5.74) is 1.15. The molecule has 4 heteroatoms. The van der Waals surface area contributed by atoms with E-state index in [9.17, 15) is 4.79 Å². The van der Waals surface area contributed by atoms with Crippen LogP contribution in [0.4, 0.5) is 0 Å². The van der Waals surface area contributed by atoms with Crippen LogP contribution in [0.1, 0.15) is 69.4 Å². The summed E-state index contributed by atoms with van der Waals surface area (Å²) in [6, 6.07) is 6.21. The number of likely N-dealkylation sites (tertiary alicyclic amines) is 1. The Morgan fingerprint density at radius 2 is 1.80 bits per heavy atom. The first-order valence-corrected chi connectivity index (χ1v) is 9.74. The number of benzene rings is 1. The van der Waals surface area contributed by atoms with E-state index < -0.39 is 0 Å². The third-order valence-electron chi connectivity index (χ3n) is 5.86. The van der Waals surface area contributed by atoms with Gasteiger partial charge in [0.05, 0.1) is 20.3 Å². The van der Waals surface area contributed by atoms with Gasteiger partial charge in [0.15, 0.2) is 11.5 Å². The Bertz CT molecular complexity index is 581. The maximum Gasteiger partial charge on any atom is 0.223 e. The summed E-state index contributed by atoms with van der Waals surface area (Å²) >= 11 is 0. The lowest BCUT2D eigenvalue weighted by molar-refractivity contribution is -0.132. The average molecular weight is 345 g/mol. The molecule has 2 aliphatic rings. The van der Waals surface area contributed by atoms with E-state index in [0.717, 1.165) is 48.8 Å². The van der Waals surface area contributed by atoms with Gasteiger partial charge >= 0.3 is 0 Å². The molecule has 1 amide bonds. The van der Waals surface area contributed by atoms with Gasteiger partial charge in [-0.3, -0.25) is 4.79 Å². The van der Waals surface area contributed by atoms with E-state index in [0.29, 0.717) is 12.3 Å². The molecule has 0 unspecified atom stereocenters. The summed E-state index contributed by atoms with van der Waals surface area (Å²) in [6.07, 6.45) is 10.6. The fraction of sp³-hybridized carbons (Fsp3) is 0.667. The van der Waals surface area contributed by atoms with Crippen LogP contribution >= 0.6 is 0 Å². The lowest BCUT2D eigenvalue weighted by atomic mass is 9.86. The molecular weight excluding hydrogens is 314 g/mol. The van der Waals surface area contributed by atoms with Crippen LogP contribution < -0.4 is 9.47 Å². The molecule has 4 nitrogen and oxygen atoms in total. The largest absolute Gasteiger partial charge is 0.493 e. The van der Waals surface area contributed by atoms with Gasteiger partial charge in [0.2, 0.25) is 5.91 Å². The predicted molar refractivity (Wildman–Crippen MR) is 99.0 cm³/mol. The molecule has 1 aliphatic carbocycles. The highest BCUT2D eigenvalue weighted by atomic mass is 16.5. The third-order valence-corrected chi connectivity index (χ3v) is 5.86. The zero-order valence-corrected chi connectivity index (χ0v) is 15.6. The number of nitrogens with zero attached hydrogens (tertiary/aromatic N) is 1. The van der Waals surface area contributed by atoms with Crippen LogP contribution in [-0.2, 0) is 4.79 Å². The maximum absolute atomic E-state index is 12.8. The number of carbonyl (C=O) groups excluding carboxylic acids is 1. The van der Waals surface area contributed by atoms with Gasteiger partial charge in [0, 0.05) is 13.0 Å². The van der Waals surface area contributed by atoms with E-state index in [1.54, 1.807) is 14.2 Å². The molecule has 0 radical (unpaired) electrons. The summed E-state index contributed by atoms with van der Waals surface area (Å²) in [7, 11) is 3.30. The second kappa shape index (κ2) is 8.59. The zero-order chi connectivity index (χ0) is 17.6. The van der Waals surface area contributed by atoms with Gasteiger partial charge in [-0.2, -0.15) is 0 Å². The Balaban J connectivity index is 1.64. The number of carbonyl (C=O) groups is 1. The number of rotatable bonds is 6. The number of amides is 1. The van der Waals surface area contributed by atoms with Crippen molar-refractivity contribution in [1.82, 2.24) is 4.90 Å². The Morgan fingerprint density at radius 3 is 2.52 bits per heavy atom. The molecule has 1 aliphatic heterocycles. The lowest BCUT2D eigenvalue weighted by Crippen LogP contribution is -2.30. The number of methoxy groups -OCH3 is 2.